The Kier molecular flexibility index (Phi) is 6.49. The van der Waals surface area contributed by atoms with Crippen LogP contribution in [0.1, 0.15) is 36.7 Å². The lowest BCUT2D eigenvalue weighted by atomic mass is 10.2. The van der Waals surface area contributed by atoms with Gasteiger partial charge in [0, 0.05) is 23.1 Å². The van der Waals surface area contributed by atoms with E-state index in [9.17, 15) is 14.7 Å². The summed E-state index contributed by atoms with van der Waals surface area (Å²) < 4.78 is 3.93. The molecule has 0 atom stereocenters. The number of hydrazone groups is 1. The number of rotatable bonds is 5. The molecule has 138 valence electrons. The topological polar surface area (TPSA) is 88.6 Å². The summed E-state index contributed by atoms with van der Waals surface area (Å²) in [6, 6.07) is 6.76. The van der Waals surface area contributed by atoms with Crippen molar-refractivity contribution in [2.24, 2.45) is 5.10 Å². The van der Waals surface area contributed by atoms with E-state index in [4.69, 9.17) is 12.2 Å². The molecular weight excluding hydrogens is 420 g/mol. The van der Waals surface area contributed by atoms with E-state index in [0.717, 1.165) is 4.47 Å². The number of hydrogen-bond acceptors (Lipinski definition) is 5. The number of halogens is 1. The average molecular weight is 439 g/mol. The molecule has 0 aliphatic carbocycles. The van der Waals surface area contributed by atoms with E-state index >= 15 is 0 Å². The number of aromatic hydroxyl groups is 1. The molecule has 0 radical (unpaired) electrons. The van der Waals surface area contributed by atoms with Gasteiger partial charge in [-0.05, 0) is 57.3 Å². The maximum absolute atomic E-state index is 12.6. The predicted octanol–water partition coefficient (Wildman–Crippen LogP) is 3.04. The number of nitrogens with one attached hydrogen (secondary N) is 1. The Hall–Kier alpha value is -2.26. The first kappa shape index (κ1) is 20.1. The third-order valence-corrected chi connectivity index (χ3v) is 4.80. The van der Waals surface area contributed by atoms with Crippen molar-refractivity contribution in [3.8, 4) is 5.88 Å². The van der Waals surface area contributed by atoms with Crippen LogP contribution in [0.15, 0.2) is 38.6 Å². The first-order chi connectivity index (χ1) is 12.3. The monoisotopic (exact) mass is 438 g/mol. The van der Waals surface area contributed by atoms with Crippen LogP contribution in [-0.2, 0) is 13.1 Å². The minimum Gasteiger partial charge on any atom is -0.494 e. The highest BCUT2D eigenvalue weighted by Gasteiger charge is 2.18. The molecule has 1 aromatic heterocycles. The van der Waals surface area contributed by atoms with Crippen LogP contribution in [0.25, 0.3) is 0 Å². The molecule has 1 amide bonds. The zero-order valence-electron chi connectivity index (χ0n) is 14.6. The number of aromatic nitrogens is 2. The van der Waals surface area contributed by atoms with Crippen molar-refractivity contribution in [3.63, 3.8) is 0 Å². The molecule has 0 fully saturated rings. The third-order valence-electron chi connectivity index (χ3n) is 3.83. The second-order valence-electron chi connectivity index (χ2n) is 5.42. The van der Waals surface area contributed by atoms with Crippen molar-refractivity contribution in [3.05, 3.63) is 55.0 Å². The molecule has 26 heavy (non-hydrogen) atoms. The number of amides is 1. The summed E-state index contributed by atoms with van der Waals surface area (Å²) in [7, 11) is 0. The van der Waals surface area contributed by atoms with E-state index in [1.54, 1.807) is 38.1 Å². The highest BCUT2D eigenvalue weighted by Crippen LogP contribution is 2.15. The van der Waals surface area contributed by atoms with Gasteiger partial charge in [0.1, 0.15) is 5.56 Å². The van der Waals surface area contributed by atoms with E-state index < -0.39 is 11.5 Å². The largest absolute Gasteiger partial charge is 0.494 e. The quantitative estimate of drug-likeness (QED) is 0.426. The Balaban J connectivity index is 2.43. The Labute approximate surface area is 164 Å². The molecule has 1 heterocycles. The molecule has 0 unspecified atom stereocenters. The Bertz CT molecular complexity index is 977. The number of carbonyl (C=O) groups is 1. The van der Waals surface area contributed by atoms with Crippen LogP contribution in [-0.4, -0.2) is 25.9 Å². The van der Waals surface area contributed by atoms with Gasteiger partial charge in [-0.15, -0.1) is 0 Å². The molecule has 2 aromatic rings. The lowest BCUT2D eigenvalue weighted by Crippen LogP contribution is -2.31. The molecule has 0 aliphatic rings. The molecule has 0 spiro atoms. The van der Waals surface area contributed by atoms with Crippen molar-refractivity contribution >= 4 is 39.8 Å². The second kappa shape index (κ2) is 8.41. The van der Waals surface area contributed by atoms with Crippen molar-refractivity contribution in [2.45, 2.75) is 33.9 Å². The molecule has 9 heteroatoms. The number of nitrogens with zero attached hydrogens (tertiary/aromatic N) is 3. The van der Waals surface area contributed by atoms with Gasteiger partial charge >= 0.3 is 0 Å². The summed E-state index contributed by atoms with van der Waals surface area (Å²) >= 11 is 8.55. The van der Waals surface area contributed by atoms with E-state index in [1.807, 2.05) is 6.92 Å². The van der Waals surface area contributed by atoms with Crippen molar-refractivity contribution < 1.29 is 9.90 Å². The van der Waals surface area contributed by atoms with Crippen LogP contribution in [0.5, 0.6) is 5.88 Å². The fraction of sp³-hybridized carbons (Fsp3) is 0.294. The van der Waals surface area contributed by atoms with Crippen LogP contribution < -0.4 is 11.0 Å². The van der Waals surface area contributed by atoms with Gasteiger partial charge in [0.25, 0.3) is 11.5 Å². The molecule has 2 rings (SSSR count). The lowest BCUT2D eigenvalue weighted by Gasteiger charge is -2.15. The summed E-state index contributed by atoms with van der Waals surface area (Å²) in [5.74, 6) is -0.679. The maximum Gasteiger partial charge on any atom is 0.271 e. The van der Waals surface area contributed by atoms with Gasteiger partial charge in [0.15, 0.2) is 4.77 Å². The van der Waals surface area contributed by atoms with Crippen molar-refractivity contribution in [1.82, 2.24) is 14.6 Å². The highest BCUT2D eigenvalue weighted by atomic mass is 79.9. The fourth-order valence-electron chi connectivity index (χ4n) is 2.43. The summed E-state index contributed by atoms with van der Waals surface area (Å²) in [6.07, 6.45) is 0. The van der Waals surface area contributed by atoms with Gasteiger partial charge in [-0.1, -0.05) is 15.9 Å². The number of hydrogen-bond donors (Lipinski definition) is 2. The molecule has 0 saturated carbocycles. The molecule has 2 N–H and O–H groups in total. The van der Waals surface area contributed by atoms with Crippen LogP contribution in [0, 0.1) is 4.77 Å². The van der Waals surface area contributed by atoms with Gasteiger partial charge in [-0.3, -0.25) is 18.7 Å². The first-order valence-electron chi connectivity index (χ1n) is 7.98. The molecule has 0 aliphatic heterocycles. The van der Waals surface area contributed by atoms with Crippen LogP contribution in [0.2, 0.25) is 0 Å². The van der Waals surface area contributed by atoms with Crippen LogP contribution >= 0.6 is 28.1 Å². The van der Waals surface area contributed by atoms with E-state index in [0.29, 0.717) is 18.7 Å². The van der Waals surface area contributed by atoms with E-state index in [1.165, 1.54) is 9.13 Å². The van der Waals surface area contributed by atoms with Gasteiger partial charge in [0.05, 0.1) is 5.71 Å². The number of carbonyl (C=O) groups excluding carboxylic acids is 1. The normalized spacial score (nSPS) is 11.5. The zero-order chi connectivity index (χ0) is 19.4. The number of benzene rings is 1. The third kappa shape index (κ3) is 3.94. The minimum absolute atomic E-state index is 0.0124. The van der Waals surface area contributed by atoms with Gasteiger partial charge in [-0.2, -0.15) is 5.10 Å². The Morgan fingerprint density at radius 1 is 1.23 bits per heavy atom. The van der Waals surface area contributed by atoms with Crippen LogP contribution in [0.3, 0.4) is 0 Å². The standard InChI is InChI=1S/C17H19BrN4O3S/c1-4-21-15(24)13(16(25)22(5-2)17(21)26)10(3)19-20-14(23)11-6-8-12(18)9-7-11/h6-9,24H,4-5H2,1-3H3,(H,20,23). The molecule has 0 saturated heterocycles. The lowest BCUT2D eigenvalue weighted by molar-refractivity contribution is 0.0955. The van der Waals surface area contributed by atoms with Crippen molar-refractivity contribution in [2.75, 3.05) is 0 Å². The molecule has 7 nitrogen and oxygen atoms in total. The minimum atomic E-state index is -0.446. The zero-order valence-corrected chi connectivity index (χ0v) is 17.0. The predicted molar refractivity (Wildman–Crippen MR) is 106 cm³/mol. The second-order valence-corrected chi connectivity index (χ2v) is 6.70. The average Bonchev–Trinajstić information content (AvgIpc) is 2.61. The van der Waals surface area contributed by atoms with Gasteiger partial charge < -0.3 is 5.11 Å². The van der Waals surface area contributed by atoms with Crippen molar-refractivity contribution in [1.29, 1.82) is 0 Å². The van der Waals surface area contributed by atoms with Gasteiger partial charge in [-0.25, -0.2) is 5.43 Å². The summed E-state index contributed by atoms with van der Waals surface area (Å²) in [6.45, 7) is 5.91. The van der Waals surface area contributed by atoms with E-state index in [-0.39, 0.29) is 21.9 Å². The summed E-state index contributed by atoms with van der Waals surface area (Å²) in [5.41, 5.74) is 2.58. The maximum atomic E-state index is 12.6. The smallest absolute Gasteiger partial charge is 0.271 e. The fourth-order valence-corrected chi connectivity index (χ4v) is 3.12. The summed E-state index contributed by atoms with van der Waals surface area (Å²) in [5, 5.41) is 14.4. The van der Waals surface area contributed by atoms with E-state index in [2.05, 4.69) is 26.5 Å². The highest BCUT2D eigenvalue weighted by molar-refractivity contribution is 9.10. The van der Waals surface area contributed by atoms with Gasteiger partial charge in [0.2, 0.25) is 5.88 Å². The summed E-state index contributed by atoms with van der Waals surface area (Å²) in [4.78, 5) is 24.8. The SMILES string of the molecule is CCn1c(O)c(C(C)=NNC(=O)c2ccc(Br)cc2)c(=O)n(CC)c1=S. The molecule has 0 bridgehead atoms. The molecular formula is C17H19BrN4O3S. The first-order valence-corrected chi connectivity index (χ1v) is 9.19. The Morgan fingerprint density at radius 3 is 2.35 bits per heavy atom. The Morgan fingerprint density at radius 2 is 1.81 bits per heavy atom. The molecule has 1 aromatic carbocycles. The van der Waals surface area contributed by atoms with Crippen LogP contribution in [0.4, 0.5) is 0 Å².